The van der Waals surface area contributed by atoms with Crippen molar-refractivity contribution >= 4 is 16.8 Å². The molecule has 138 valence electrons. The number of amides is 1. The molecule has 1 saturated heterocycles. The summed E-state index contributed by atoms with van der Waals surface area (Å²) >= 11 is 0. The number of hydrogen-bond donors (Lipinski definition) is 1. The monoisotopic (exact) mass is 364 g/mol. The van der Waals surface area contributed by atoms with Crippen molar-refractivity contribution in [3.63, 3.8) is 0 Å². The molecule has 0 radical (unpaired) electrons. The van der Waals surface area contributed by atoms with Crippen LogP contribution in [-0.2, 0) is 11.3 Å². The average molecular weight is 364 g/mol. The Hall–Kier alpha value is -3.13. The SMILES string of the molecule is O=C(CCn1nnc2ccccc2c1=O)N1CCNCC1c1cccnc1. The summed E-state index contributed by atoms with van der Waals surface area (Å²) in [5.74, 6) is -0.00721. The van der Waals surface area contributed by atoms with Gasteiger partial charge in [0.1, 0.15) is 5.52 Å². The highest BCUT2D eigenvalue weighted by Crippen LogP contribution is 2.22. The lowest BCUT2D eigenvalue weighted by Crippen LogP contribution is -2.49. The zero-order chi connectivity index (χ0) is 18.6. The second-order valence-electron chi connectivity index (χ2n) is 6.48. The summed E-state index contributed by atoms with van der Waals surface area (Å²) in [7, 11) is 0. The van der Waals surface area contributed by atoms with E-state index in [4.69, 9.17) is 0 Å². The molecule has 1 fully saturated rings. The Kier molecular flexibility index (Phi) is 4.88. The number of carbonyl (C=O) groups excluding carboxylic acids is 1. The Morgan fingerprint density at radius 1 is 1.22 bits per heavy atom. The molecule has 0 bridgehead atoms. The Morgan fingerprint density at radius 2 is 2.11 bits per heavy atom. The second-order valence-corrected chi connectivity index (χ2v) is 6.48. The predicted molar refractivity (Wildman–Crippen MR) is 100.0 cm³/mol. The fourth-order valence-electron chi connectivity index (χ4n) is 3.39. The standard InChI is InChI=1S/C19H20N6O2/c26-18(24-11-9-21-13-17(24)14-4-3-8-20-12-14)7-10-25-19(27)15-5-1-2-6-16(15)22-23-25/h1-6,8,12,17,21H,7,9-11,13H2. The largest absolute Gasteiger partial charge is 0.333 e. The Morgan fingerprint density at radius 3 is 2.96 bits per heavy atom. The second kappa shape index (κ2) is 7.63. The number of hydrogen-bond acceptors (Lipinski definition) is 6. The highest BCUT2D eigenvalue weighted by atomic mass is 16.2. The van der Waals surface area contributed by atoms with Crippen molar-refractivity contribution in [2.24, 2.45) is 0 Å². The van der Waals surface area contributed by atoms with E-state index in [1.807, 2.05) is 23.1 Å². The zero-order valence-corrected chi connectivity index (χ0v) is 14.8. The fraction of sp³-hybridized carbons (Fsp3) is 0.316. The van der Waals surface area contributed by atoms with Gasteiger partial charge >= 0.3 is 0 Å². The zero-order valence-electron chi connectivity index (χ0n) is 14.8. The number of aryl methyl sites for hydroxylation is 1. The number of fused-ring (bicyclic) bond motifs is 1. The fourth-order valence-corrected chi connectivity index (χ4v) is 3.39. The quantitative estimate of drug-likeness (QED) is 0.734. The molecule has 4 rings (SSSR count). The lowest BCUT2D eigenvalue weighted by Gasteiger charge is -2.36. The summed E-state index contributed by atoms with van der Waals surface area (Å²) in [5, 5.41) is 11.9. The molecule has 0 aliphatic carbocycles. The van der Waals surface area contributed by atoms with Crippen LogP contribution in [0.1, 0.15) is 18.0 Å². The molecule has 3 aromatic rings. The van der Waals surface area contributed by atoms with E-state index < -0.39 is 0 Å². The van der Waals surface area contributed by atoms with Gasteiger partial charge in [0.25, 0.3) is 5.56 Å². The third-order valence-electron chi connectivity index (χ3n) is 4.80. The van der Waals surface area contributed by atoms with Gasteiger partial charge in [0.2, 0.25) is 5.91 Å². The van der Waals surface area contributed by atoms with Gasteiger partial charge in [-0.25, -0.2) is 4.68 Å². The Balaban J connectivity index is 1.50. The summed E-state index contributed by atoms with van der Waals surface area (Å²) in [4.78, 5) is 31.4. The molecule has 1 atom stereocenters. The molecular formula is C19H20N6O2. The van der Waals surface area contributed by atoms with Crippen LogP contribution in [0.4, 0.5) is 0 Å². The van der Waals surface area contributed by atoms with Crippen LogP contribution in [-0.4, -0.2) is 50.4 Å². The van der Waals surface area contributed by atoms with Crippen LogP contribution in [0.5, 0.6) is 0 Å². The van der Waals surface area contributed by atoms with Gasteiger partial charge in [-0.15, -0.1) is 5.10 Å². The van der Waals surface area contributed by atoms with E-state index in [0.29, 0.717) is 24.0 Å². The van der Waals surface area contributed by atoms with Crippen molar-refractivity contribution in [2.45, 2.75) is 19.0 Å². The molecule has 1 aromatic carbocycles. The molecule has 1 aliphatic rings. The highest BCUT2D eigenvalue weighted by Gasteiger charge is 2.27. The summed E-state index contributed by atoms with van der Waals surface area (Å²) in [5.41, 5.74) is 1.34. The van der Waals surface area contributed by atoms with Crippen LogP contribution in [0.25, 0.3) is 10.9 Å². The summed E-state index contributed by atoms with van der Waals surface area (Å²) in [6, 6.07) is 10.9. The topological polar surface area (TPSA) is 93.0 Å². The molecule has 3 heterocycles. The van der Waals surface area contributed by atoms with Crippen LogP contribution >= 0.6 is 0 Å². The number of nitrogens with one attached hydrogen (secondary N) is 1. The summed E-state index contributed by atoms with van der Waals surface area (Å²) < 4.78 is 1.27. The van der Waals surface area contributed by atoms with Crippen LogP contribution in [0.15, 0.2) is 53.6 Å². The van der Waals surface area contributed by atoms with E-state index in [2.05, 4.69) is 20.6 Å². The number of aromatic nitrogens is 4. The van der Waals surface area contributed by atoms with E-state index in [-0.39, 0.29) is 30.5 Å². The normalized spacial score (nSPS) is 17.2. The molecule has 1 N–H and O–H groups in total. The molecule has 1 aliphatic heterocycles. The lowest BCUT2D eigenvalue weighted by atomic mass is 10.0. The molecule has 27 heavy (non-hydrogen) atoms. The molecule has 0 spiro atoms. The van der Waals surface area contributed by atoms with Crippen molar-refractivity contribution in [3.05, 3.63) is 64.7 Å². The van der Waals surface area contributed by atoms with Gasteiger partial charge in [0, 0.05) is 38.4 Å². The van der Waals surface area contributed by atoms with E-state index in [9.17, 15) is 9.59 Å². The molecule has 1 unspecified atom stereocenters. The number of nitrogens with zero attached hydrogens (tertiary/aromatic N) is 5. The van der Waals surface area contributed by atoms with E-state index in [1.165, 1.54) is 4.68 Å². The third-order valence-corrected chi connectivity index (χ3v) is 4.80. The van der Waals surface area contributed by atoms with Gasteiger partial charge in [-0.3, -0.25) is 14.6 Å². The smallest absolute Gasteiger partial charge is 0.277 e. The van der Waals surface area contributed by atoms with Gasteiger partial charge in [-0.1, -0.05) is 23.4 Å². The van der Waals surface area contributed by atoms with Crippen LogP contribution < -0.4 is 10.9 Å². The average Bonchev–Trinajstić information content (AvgIpc) is 2.74. The van der Waals surface area contributed by atoms with Gasteiger partial charge in [-0.2, -0.15) is 0 Å². The number of rotatable bonds is 4. The van der Waals surface area contributed by atoms with Gasteiger partial charge in [0.05, 0.1) is 18.0 Å². The minimum atomic E-state index is -0.225. The first kappa shape index (κ1) is 17.3. The first-order valence-corrected chi connectivity index (χ1v) is 8.97. The molecule has 8 nitrogen and oxygen atoms in total. The van der Waals surface area contributed by atoms with Crippen LogP contribution in [0.3, 0.4) is 0 Å². The van der Waals surface area contributed by atoms with Crippen molar-refractivity contribution in [3.8, 4) is 0 Å². The number of pyridine rings is 1. The minimum Gasteiger partial charge on any atom is -0.333 e. The number of benzene rings is 1. The molecule has 0 saturated carbocycles. The van der Waals surface area contributed by atoms with Crippen LogP contribution in [0.2, 0.25) is 0 Å². The van der Waals surface area contributed by atoms with Crippen molar-refractivity contribution in [1.82, 2.24) is 30.2 Å². The van der Waals surface area contributed by atoms with Crippen molar-refractivity contribution in [1.29, 1.82) is 0 Å². The highest BCUT2D eigenvalue weighted by molar-refractivity contribution is 5.77. The first-order chi connectivity index (χ1) is 13.2. The first-order valence-electron chi connectivity index (χ1n) is 8.97. The predicted octanol–water partition coefficient (Wildman–Crippen LogP) is 0.750. The van der Waals surface area contributed by atoms with E-state index in [0.717, 1.165) is 12.1 Å². The maximum Gasteiger partial charge on any atom is 0.277 e. The molecule has 1 amide bonds. The van der Waals surface area contributed by atoms with Crippen molar-refractivity contribution in [2.75, 3.05) is 19.6 Å². The third kappa shape index (κ3) is 3.56. The molecular weight excluding hydrogens is 344 g/mol. The maximum absolute atomic E-state index is 12.8. The number of piperazine rings is 1. The van der Waals surface area contributed by atoms with Crippen molar-refractivity contribution < 1.29 is 4.79 Å². The van der Waals surface area contributed by atoms with Gasteiger partial charge in [0.15, 0.2) is 0 Å². The van der Waals surface area contributed by atoms with Gasteiger partial charge in [-0.05, 0) is 23.8 Å². The lowest BCUT2D eigenvalue weighted by molar-refractivity contribution is -0.134. The van der Waals surface area contributed by atoms with E-state index in [1.54, 1.807) is 30.6 Å². The Bertz CT molecular complexity index is 1000. The molecule has 8 heteroatoms. The summed E-state index contributed by atoms with van der Waals surface area (Å²) in [6.45, 7) is 2.27. The van der Waals surface area contributed by atoms with Gasteiger partial charge < -0.3 is 10.2 Å². The van der Waals surface area contributed by atoms with Crippen LogP contribution in [0, 0.1) is 0 Å². The molecule has 2 aromatic heterocycles. The number of carbonyl (C=O) groups is 1. The maximum atomic E-state index is 12.8. The Labute approximate surface area is 155 Å². The minimum absolute atomic E-state index is 0.00721. The summed E-state index contributed by atoms with van der Waals surface area (Å²) in [6.07, 6.45) is 3.71. The van der Waals surface area contributed by atoms with E-state index >= 15 is 0 Å².